The maximum atomic E-state index is 12.4. The predicted molar refractivity (Wildman–Crippen MR) is 103 cm³/mol. The molecule has 26 heavy (non-hydrogen) atoms. The fourth-order valence-electron chi connectivity index (χ4n) is 3.03. The summed E-state index contributed by atoms with van der Waals surface area (Å²) in [5, 5.41) is 3.41. The Morgan fingerprint density at radius 3 is 2.85 bits per heavy atom. The first-order valence-electron chi connectivity index (χ1n) is 8.57. The minimum Gasteiger partial charge on any atom is -0.496 e. The van der Waals surface area contributed by atoms with Crippen molar-refractivity contribution in [2.45, 2.75) is 26.2 Å². The molecular formula is C20H21NO4S. The average molecular weight is 371 g/mol. The van der Waals surface area contributed by atoms with Crippen LogP contribution in [0.1, 0.15) is 39.7 Å². The van der Waals surface area contributed by atoms with Gasteiger partial charge in [-0.25, -0.2) is 4.79 Å². The summed E-state index contributed by atoms with van der Waals surface area (Å²) in [6.07, 6.45) is 5.97. The van der Waals surface area contributed by atoms with Gasteiger partial charge in [0.2, 0.25) is 5.91 Å². The van der Waals surface area contributed by atoms with Crippen LogP contribution in [0.2, 0.25) is 0 Å². The van der Waals surface area contributed by atoms with E-state index in [-0.39, 0.29) is 11.9 Å². The van der Waals surface area contributed by atoms with Gasteiger partial charge in [0, 0.05) is 16.5 Å². The van der Waals surface area contributed by atoms with Gasteiger partial charge < -0.3 is 14.8 Å². The minimum atomic E-state index is -0.365. The standard InChI is InChI=1S/C20H21NO4S/c1-3-25-20(23)18-14-8-6-10-16(14)26-19(18)21-17(22)12-11-13-7-4-5-9-15(13)24-2/h4-5,7,9,11-12H,3,6,8,10H2,1-2H3,(H,21,22). The van der Waals surface area contributed by atoms with Gasteiger partial charge in [0.1, 0.15) is 10.8 Å². The Hall–Kier alpha value is -2.60. The van der Waals surface area contributed by atoms with E-state index >= 15 is 0 Å². The van der Waals surface area contributed by atoms with E-state index in [1.807, 2.05) is 24.3 Å². The Morgan fingerprint density at radius 2 is 2.08 bits per heavy atom. The molecular weight excluding hydrogens is 350 g/mol. The summed E-state index contributed by atoms with van der Waals surface area (Å²) in [6.45, 7) is 2.09. The lowest BCUT2D eigenvalue weighted by Crippen LogP contribution is -2.13. The second kappa shape index (κ2) is 8.19. The monoisotopic (exact) mass is 371 g/mol. The molecule has 1 aliphatic rings. The summed E-state index contributed by atoms with van der Waals surface area (Å²) in [7, 11) is 1.59. The number of amides is 1. The fraction of sp³-hybridized carbons (Fsp3) is 0.300. The first-order valence-corrected chi connectivity index (χ1v) is 9.39. The highest BCUT2D eigenvalue weighted by atomic mass is 32.1. The molecule has 3 rings (SSSR count). The highest BCUT2D eigenvalue weighted by Crippen LogP contribution is 2.39. The summed E-state index contributed by atoms with van der Waals surface area (Å²) in [5.74, 6) is 0.0381. The molecule has 0 saturated heterocycles. The lowest BCUT2D eigenvalue weighted by atomic mass is 10.1. The van der Waals surface area contributed by atoms with Gasteiger partial charge in [-0.3, -0.25) is 4.79 Å². The number of nitrogens with one attached hydrogen (secondary N) is 1. The van der Waals surface area contributed by atoms with Crippen molar-refractivity contribution in [1.29, 1.82) is 0 Å². The largest absolute Gasteiger partial charge is 0.496 e. The van der Waals surface area contributed by atoms with Crippen LogP contribution in [0.5, 0.6) is 5.75 Å². The molecule has 0 atom stereocenters. The highest BCUT2D eigenvalue weighted by molar-refractivity contribution is 7.17. The molecule has 0 saturated carbocycles. The molecule has 0 radical (unpaired) electrons. The van der Waals surface area contributed by atoms with Crippen molar-refractivity contribution < 1.29 is 19.1 Å². The number of carbonyl (C=O) groups excluding carboxylic acids is 2. The Balaban J connectivity index is 1.79. The van der Waals surface area contributed by atoms with E-state index in [0.29, 0.717) is 22.9 Å². The van der Waals surface area contributed by atoms with E-state index in [9.17, 15) is 9.59 Å². The molecule has 1 aromatic heterocycles. The third kappa shape index (κ3) is 3.80. The quantitative estimate of drug-likeness (QED) is 0.614. The number of para-hydroxylation sites is 1. The van der Waals surface area contributed by atoms with E-state index in [0.717, 1.165) is 35.3 Å². The number of ether oxygens (including phenoxy) is 2. The Kier molecular flexibility index (Phi) is 5.73. The maximum absolute atomic E-state index is 12.4. The molecule has 1 aliphatic carbocycles. The molecule has 5 nitrogen and oxygen atoms in total. The van der Waals surface area contributed by atoms with Crippen LogP contribution in [-0.4, -0.2) is 25.6 Å². The summed E-state index contributed by atoms with van der Waals surface area (Å²) >= 11 is 1.47. The van der Waals surface area contributed by atoms with Crippen LogP contribution in [0, 0.1) is 0 Å². The number of carbonyl (C=O) groups is 2. The van der Waals surface area contributed by atoms with Crippen molar-refractivity contribution in [3.05, 3.63) is 51.9 Å². The number of hydrogen-bond donors (Lipinski definition) is 1. The summed E-state index contributed by atoms with van der Waals surface area (Å²) < 4.78 is 10.4. The number of rotatable bonds is 6. The molecule has 136 valence electrons. The molecule has 0 unspecified atom stereocenters. The number of methoxy groups -OCH3 is 1. The average Bonchev–Trinajstić information content (AvgIpc) is 3.21. The number of esters is 1. The molecule has 1 heterocycles. The molecule has 1 aromatic carbocycles. The van der Waals surface area contributed by atoms with Crippen molar-refractivity contribution >= 4 is 34.3 Å². The zero-order valence-electron chi connectivity index (χ0n) is 14.8. The second-order valence-corrected chi connectivity index (χ2v) is 6.95. The SMILES string of the molecule is CCOC(=O)c1c(NC(=O)C=Cc2ccccc2OC)sc2c1CCC2. The third-order valence-corrected chi connectivity index (χ3v) is 5.40. The number of hydrogen-bond acceptors (Lipinski definition) is 5. The van der Waals surface area contributed by atoms with Gasteiger partial charge >= 0.3 is 5.97 Å². The van der Waals surface area contributed by atoms with Crippen LogP contribution in [-0.2, 0) is 22.4 Å². The van der Waals surface area contributed by atoms with Gasteiger partial charge in [0.25, 0.3) is 0 Å². The zero-order valence-corrected chi connectivity index (χ0v) is 15.7. The van der Waals surface area contributed by atoms with Gasteiger partial charge in [0.15, 0.2) is 0 Å². The van der Waals surface area contributed by atoms with Crippen LogP contribution in [0.15, 0.2) is 30.3 Å². The molecule has 6 heteroatoms. The van der Waals surface area contributed by atoms with Crippen molar-refractivity contribution in [2.24, 2.45) is 0 Å². The second-order valence-electron chi connectivity index (χ2n) is 5.85. The number of benzene rings is 1. The van der Waals surface area contributed by atoms with E-state index < -0.39 is 0 Å². The van der Waals surface area contributed by atoms with Crippen LogP contribution in [0.3, 0.4) is 0 Å². The Labute approximate surface area is 156 Å². The highest BCUT2D eigenvalue weighted by Gasteiger charge is 2.28. The number of fused-ring (bicyclic) bond motifs is 1. The molecule has 0 aliphatic heterocycles. The topological polar surface area (TPSA) is 64.6 Å². The van der Waals surface area contributed by atoms with Gasteiger partial charge in [-0.15, -0.1) is 11.3 Å². The maximum Gasteiger partial charge on any atom is 0.341 e. The molecule has 0 fully saturated rings. The first-order chi connectivity index (χ1) is 12.6. The summed E-state index contributed by atoms with van der Waals surface area (Å²) in [5.41, 5.74) is 2.35. The van der Waals surface area contributed by atoms with E-state index in [4.69, 9.17) is 9.47 Å². The van der Waals surface area contributed by atoms with Gasteiger partial charge in [-0.05, 0) is 43.9 Å². The van der Waals surface area contributed by atoms with Crippen LogP contribution >= 0.6 is 11.3 Å². The molecule has 1 N–H and O–H groups in total. The van der Waals surface area contributed by atoms with Crippen LogP contribution in [0.4, 0.5) is 5.00 Å². The molecule has 0 spiro atoms. The van der Waals surface area contributed by atoms with Gasteiger partial charge in [-0.1, -0.05) is 18.2 Å². The first kappa shape index (κ1) is 18.2. The molecule has 2 aromatic rings. The lowest BCUT2D eigenvalue weighted by molar-refractivity contribution is -0.111. The smallest absolute Gasteiger partial charge is 0.341 e. The van der Waals surface area contributed by atoms with Crippen LogP contribution < -0.4 is 10.1 Å². The van der Waals surface area contributed by atoms with Gasteiger partial charge in [-0.2, -0.15) is 0 Å². The summed E-state index contributed by atoms with van der Waals surface area (Å²) in [4.78, 5) is 25.9. The number of anilines is 1. The van der Waals surface area contributed by atoms with Crippen molar-refractivity contribution in [1.82, 2.24) is 0 Å². The minimum absolute atomic E-state index is 0.290. The fourth-order valence-corrected chi connectivity index (χ4v) is 4.32. The van der Waals surface area contributed by atoms with Crippen LogP contribution in [0.25, 0.3) is 6.08 Å². The summed E-state index contributed by atoms with van der Waals surface area (Å²) in [6, 6.07) is 7.45. The lowest BCUT2D eigenvalue weighted by Gasteiger charge is -2.07. The predicted octanol–water partition coefficient (Wildman–Crippen LogP) is 4.07. The number of aryl methyl sites for hydroxylation is 1. The molecule has 1 amide bonds. The van der Waals surface area contributed by atoms with Crippen molar-refractivity contribution in [3.63, 3.8) is 0 Å². The number of thiophene rings is 1. The normalized spacial score (nSPS) is 12.8. The third-order valence-electron chi connectivity index (χ3n) is 4.19. The Morgan fingerprint density at radius 1 is 1.27 bits per heavy atom. The van der Waals surface area contributed by atoms with Crippen molar-refractivity contribution in [2.75, 3.05) is 19.0 Å². The molecule has 0 bridgehead atoms. The van der Waals surface area contributed by atoms with E-state index in [1.54, 1.807) is 20.1 Å². The van der Waals surface area contributed by atoms with Crippen molar-refractivity contribution in [3.8, 4) is 5.75 Å². The van der Waals surface area contributed by atoms with E-state index in [1.165, 1.54) is 17.4 Å². The zero-order chi connectivity index (χ0) is 18.5. The van der Waals surface area contributed by atoms with E-state index in [2.05, 4.69) is 5.32 Å². The Bertz CT molecular complexity index is 853. The van der Waals surface area contributed by atoms with Gasteiger partial charge in [0.05, 0.1) is 19.3 Å².